The zero-order chi connectivity index (χ0) is 9.35. The molecule has 0 unspecified atom stereocenters. The standard InChI is InChI=1S/C8H9FIOP/c1-12(2,11)8-4-3-6(10)5-7(8)9/h3-5H,1-2H3. The Balaban J connectivity index is 3.28. The summed E-state index contributed by atoms with van der Waals surface area (Å²) >= 11 is 2.02. The van der Waals surface area contributed by atoms with E-state index >= 15 is 0 Å². The van der Waals surface area contributed by atoms with Gasteiger partial charge in [0.2, 0.25) is 0 Å². The summed E-state index contributed by atoms with van der Waals surface area (Å²) in [4.78, 5) is 0. The summed E-state index contributed by atoms with van der Waals surface area (Å²) in [5, 5.41) is 0.336. The monoisotopic (exact) mass is 298 g/mol. The van der Waals surface area contributed by atoms with Crippen molar-refractivity contribution < 1.29 is 8.96 Å². The number of benzene rings is 1. The van der Waals surface area contributed by atoms with Crippen molar-refractivity contribution in [2.24, 2.45) is 0 Å². The Bertz CT molecular complexity index is 345. The lowest BCUT2D eigenvalue weighted by Crippen LogP contribution is -2.08. The van der Waals surface area contributed by atoms with E-state index < -0.39 is 7.14 Å². The summed E-state index contributed by atoms with van der Waals surface area (Å²) in [5.74, 6) is -0.366. The second-order valence-corrected chi connectivity index (χ2v) is 7.38. The van der Waals surface area contributed by atoms with Gasteiger partial charge in [0.15, 0.2) is 0 Å². The smallest absolute Gasteiger partial charge is 0.134 e. The van der Waals surface area contributed by atoms with E-state index in [1.807, 2.05) is 22.6 Å². The average molecular weight is 298 g/mol. The molecule has 1 nitrogen and oxygen atoms in total. The van der Waals surface area contributed by atoms with Crippen LogP contribution in [-0.4, -0.2) is 13.3 Å². The fraction of sp³-hybridized carbons (Fsp3) is 0.250. The minimum Gasteiger partial charge on any atom is -0.319 e. The van der Waals surface area contributed by atoms with Crippen LogP contribution in [0.15, 0.2) is 18.2 Å². The van der Waals surface area contributed by atoms with Crippen LogP contribution in [0, 0.1) is 9.39 Å². The number of halogens is 2. The van der Waals surface area contributed by atoms with Crippen LogP contribution in [0.25, 0.3) is 0 Å². The van der Waals surface area contributed by atoms with Gasteiger partial charge in [0.05, 0.1) is 0 Å². The minimum absolute atomic E-state index is 0.336. The summed E-state index contributed by atoms with van der Waals surface area (Å²) in [6.45, 7) is 3.14. The van der Waals surface area contributed by atoms with Crippen LogP contribution in [0.4, 0.5) is 4.39 Å². The maximum Gasteiger partial charge on any atom is 0.134 e. The summed E-state index contributed by atoms with van der Waals surface area (Å²) in [6, 6.07) is 4.76. The van der Waals surface area contributed by atoms with E-state index in [1.165, 1.54) is 6.07 Å². The maximum atomic E-state index is 13.2. The molecule has 0 aliphatic rings. The molecule has 1 aromatic carbocycles. The largest absolute Gasteiger partial charge is 0.319 e. The highest BCUT2D eigenvalue weighted by Gasteiger charge is 2.15. The van der Waals surface area contributed by atoms with Crippen LogP contribution in [-0.2, 0) is 4.57 Å². The molecule has 0 aliphatic heterocycles. The quantitative estimate of drug-likeness (QED) is 0.575. The molecule has 0 bridgehead atoms. The second kappa shape index (κ2) is 3.46. The Kier molecular flexibility index (Phi) is 2.94. The normalized spacial score (nSPS) is 11.7. The molecule has 0 fully saturated rings. The molecule has 66 valence electrons. The van der Waals surface area contributed by atoms with E-state index in [4.69, 9.17) is 0 Å². The molecule has 0 aromatic heterocycles. The molecule has 0 amide bonds. The molecular weight excluding hydrogens is 289 g/mol. The van der Waals surface area contributed by atoms with Gasteiger partial charge >= 0.3 is 0 Å². The molecule has 1 rings (SSSR count). The first-order chi connectivity index (χ1) is 5.41. The van der Waals surface area contributed by atoms with Crippen molar-refractivity contribution in [2.45, 2.75) is 0 Å². The predicted octanol–water partition coefficient (Wildman–Crippen LogP) is 2.68. The Morgan fingerprint density at radius 1 is 1.42 bits per heavy atom. The van der Waals surface area contributed by atoms with Crippen LogP contribution in [0.2, 0.25) is 0 Å². The first-order valence-electron chi connectivity index (χ1n) is 3.42. The fourth-order valence-electron chi connectivity index (χ4n) is 0.918. The van der Waals surface area contributed by atoms with Crippen LogP contribution < -0.4 is 5.30 Å². The van der Waals surface area contributed by atoms with Gasteiger partial charge in [-0.2, -0.15) is 0 Å². The molecular formula is C8H9FIOP. The van der Waals surface area contributed by atoms with Gasteiger partial charge in [-0.25, -0.2) is 4.39 Å². The van der Waals surface area contributed by atoms with E-state index in [9.17, 15) is 8.96 Å². The third-order valence-corrected chi connectivity index (χ3v) is 3.68. The van der Waals surface area contributed by atoms with Gasteiger partial charge in [-0.1, -0.05) is 0 Å². The van der Waals surface area contributed by atoms with Crippen molar-refractivity contribution in [3.05, 3.63) is 27.6 Å². The van der Waals surface area contributed by atoms with Crippen molar-refractivity contribution >= 4 is 35.0 Å². The average Bonchev–Trinajstić information content (AvgIpc) is 1.83. The molecule has 4 heteroatoms. The number of hydrogen-bond acceptors (Lipinski definition) is 1. The molecule has 0 N–H and O–H groups in total. The summed E-state index contributed by atoms with van der Waals surface area (Å²) in [5.41, 5.74) is 0. The second-order valence-electron chi connectivity index (χ2n) is 2.95. The molecule has 0 heterocycles. The van der Waals surface area contributed by atoms with Crippen molar-refractivity contribution in [1.82, 2.24) is 0 Å². The highest BCUT2D eigenvalue weighted by Crippen LogP contribution is 2.35. The zero-order valence-electron chi connectivity index (χ0n) is 6.84. The van der Waals surface area contributed by atoms with Gasteiger partial charge < -0.3 is 4.57 Å². The molecule has 12 heavy (non-hydrogen) atoms. The third kappa shape index (κ3) is 2.30. The van der Waals surface area contributed by atoms with Crippen LogP contribution in [0.3, 0.4) is 0 Å². The van der Waals surface area contributed by atoms with Crippen LogP contribution in [0.5, 0.6) is 0 Å². The van der Waals surface area contributed by atoms with Crippen molar-refractivity contribution in [3.8, 4) is 0 Å². The van der Waals surface area contributed by atoms with Crippen molar-refractivity contribution in [1.29, 1.82) is 0 Å². The number of rotatable bonds is 1. The Hall–Kier alpha value is 0.110. The fourth-order valence-corrected chi connectivity index (χ4v) is 2.38. The zero-order valence-corrected chi connectivity index (χ0v) is 9.90. The maximum absolute atomic E-state index is 13.2. The minimum atomic E-state index is -2.45. The van der Waals surface area contributed by atoms with Gasteiger partial charge in [0, 0.05) is 8.87 Å². The molecule has 0 saturated carbocycles. The highest BCUT2D eigenvalue weighted by molar-refractivity contribution is 14.1. The van der Waals surface area contributed by atoms with Gasteiger partial charge in [-0.3, -0.25) is 0 Å². The van der Waals surface area contributed by atoms with Crippen LogP contribution >= 0.6 is 29.7 Å². The third-order valence-electron chi connectivity index (χ3n) is 1.49. The number of hydrogen-bond donors (Lipinski definition) is 0. The predicted molar refractivity (Wildman–Crippen MR) is 58.2 cm³/mol. The van der Waals surface area contributed by atoms with E-state index in [1.54, 1.807) is 25.5 Å². The molecule has 0 aliphatic carbocycles. The Morgan fingerprint density at radius 2 is 2.00 bits per heavy atom. The summed E-state index contributed by atoms with van der Waals surface area (Å²) in [7, 11) is -2.45. The van der Waals surface area contributed by atoms with E-state index in [-0.39, 0.29) is 5.82 Å². The van der Waals surface area contributed by atoms with Gasteiger partial charge in [-0.15, -0.1) is 0 Å². The van der Waals surface area contributed by atoms with E-state index in [0.717, 1.165) is 3.57 Å². The highest BCUT2D eigenvalue weighted by atomic mass is 127. The molecule has 0 atom stereocenters. The SMILES string of the molecule is CP(C)(=O)c1ccc(I)cc1F. The first-order valence-corrected chi connectivity index (χ1v) is 7.10. The van der Waals surface area contributed by atoms with E-state index in [2.05, 4.69) is 0 Å². The summed E-state index contributed by atoms with van der Waals surface area (Å²) in [6.07, 6.45) is 0. The summed E-state index contributed by atoms with van der Waals surface area (Å²) < 4.78 is 25.5. The molecule has 0 radical (unpaired) electrons. The van der Waals surface area contributed by atoms with Crippen molar-refractivity contribution in [3.63, 3.8) is 0 Å². The Labute approximate surface area is 84.9 Å². The van der Waals surface area contributed by atoms with Gasteiger partial charge in [-0.05, 0) is 54.1 Å². The topological polar surface area (TPSA) is 17.1 Å². The molecule has 1 aromatic rings. The first kappa shape index (κ1) is 10.2. The lowest BCUT2D eigenvalue weighted by Gasteiger charge is -2.07. The van der Waals surface area contributed by atoms with Crippen LogP contribution in [0.1, 0.15) is 0 Å². The lowest BCUT2D eigenvalue weighted by molar-refractivity contribution is 0.584. The van der Waals surface area contributed by atoms with Gasteiger partial charge in [0.25, 0.3) is 0 Å². The van der Waals surface area contributed by atoms with E-state index in [0.29, 0.717) is 5.30 Å². The van der Waals surface area contributed by atoms with Crippen molar-refractivity contribution in [2.75, 3.05) is 13.3 Å². The Morgan fingerprint density at radius 3 is 2.42 bits per heavy atom. The van der Waals surface area contributed by atoms with Gasteiger partial charge in [0.1, 0.15) is 13.0 Å². The molecule has 0 saturated heterocycles. The lowest BCUT2D eigenvalue weighted by atomic mass is 10.3. The molecule has 0 spiro atoms.